The molecule has 1 fully saturated rings. The van der Waals surface area contributed by atoms with Crippen LogP contribution in [0.15, 0.2) is 30.3 Å². The summed E-state index contributed by atoms with van der Waals surface area (Å²) in [6.45, 7) is 7.93. The number of hydrogen-bond donors (Lipinski definition) is 1. The summed E-state index contributed by atoms with van der Waals surface area (Å²) in [4.78, 5) is 12.5. The van der Waals surface area contributed by atoms with Gasteiger partial charge in [0.2, 0.25) is 0 Å². The number of hydrogen-bond acceptors (Lipinski definition) is 5. The van der Waals surface area contributed by atoms with Gasteiger partial charge >= 0.3 is 0 Å². The van der Waals surface area contributed by atoms with Crippen LogP contribution in [0.3, 0.4) is 0 Å². The fraction of sp³-hybridized carbons (Fsp3) is 0.632. The standard InChI is InChI=1S/C19H28O5/c1-18(2,17(21)15-10-11-23-19(3,4)24-15)16(20)13-22-12-14-8-6-5-7-9-14/h5-9,15,17,21H,10-13H2,1-4H3/t15-,17-/m0/s1. The van der Waals surface area contributed by atoms with E-state index in [4.69, 9.17) is 14.2 Å². The second kappa shape index (κ2) is 7.74. The summed E-state index contributed by atoms with van der Waals surface area (Å²) >= 11 is 0. The van der Waals surface area contributed by atoms with E-state index in [-0.39, 0.29) is 12.4 Å². The fourth-order valence-electron chi connectivity index (χ4n) is 2.75. The molecule has 0 amide bonds. The maximum absolute atomic E-state index is 12.5. The summed E-state index contributed by atoms with van der Waals surface area (Å²) in [6.07, 6.45) is -0.776. The van der Waals surface area contributed by atoms with Gasteiger partial charge in [0, 0.05) is 0 Å². The van der Waals surface area contributed by atoms with E-state index in [1.165, 1.54) is 0 Å². The molecule has 0 radical (unpaired) electrons. The fourth-order valence-corrected chi connectivity index (χ4v) is 2.75. The third-order valence-electron chi connectivity index (χ3n) is 4.44. The minimum Gasteiger partial charge on any atom is -0.389 e. The minimum atomic E-state index is -0.950. The molecule has 0 bridgehead atoms. The first kappa shape index (κ1) is 19.1. The van der Waals surface area contributed by atoms with Gasteiger partial charge in [-0.25, -0.2) is 0 Å². The number of benzene rings is 1. The van der Waals surface area contributed by atoms with Crippen molar-refractivity contribution in [3.63, 3.8) is 0 Å². The Morgan fingerprint density at radius 2 is 2.04 bits per heavy atom. The van der Waals surface area contributed by atoms with E-state index in [9.17, 15) is 9.90 Å². The zero-order valence-corrected chi connectivity index (χ0v) is 15.0. The molecule has 0 aliphatic carbocycles. The van der Waals surface area contributed by atoms with Crippen LogP contribution in [0, 0.1) is 5.41 Å². The predicted octanol–water partition coefficient (Wildman–Crippen LogP) is 2.70. The number of ether oxygens (including phenoxy) is 3. The molecule has 1 aromatic rings. The van der Waals surface area contributed by atoms with Crippen molar-refractivity contribution in [1.82, 2.24) is 0 Å². The molecule has 2 rings (SSSR count). The lowest BCUT2D eigenvalue weighted by atomic mass is 9.79. The summed E-state index contributed by atoms with van der Waals surface area (Å²) in [5.41, 5.74) is 0.0626. The van der Waals surface area contributed by atoms with E-state index in [0.717, 1.165) is 5.56 Å². The highest BCUT2D eigenvalue weighted by molar-refractivity contribution is 5.85. The molecule has 1 aliphatic rings. The van der Waals surface area contributed by atoms with Gasteiger partial charge in [-0.05, 0) is 25.8 Å². The molecule has 1 saturated heterocycles. The lowest BCUT2D eigenvalue weighted by molar-refractivity contribution is -0.294. The third-order valence-corrected chi connectivity index (χ3v) is 4.44. The summed E-state index contributed by atoms with van der Waals surface area (Å²) in [6, 6.07) is 9.69. The van der Waals surface area contributed by atoms with Crippen LogP contribution in [-0.2, 0) is 25.6 Å². The van der Waals surface area contributed by atoms with Crippen LogP contribution in [0.25, 0.3) is 0 Å². The third kappa shape index (κ3) is 4.86. The minimum absolute atomic E-state index is 0.0361. The summed E-state index contributed by atoms with van der Waals surface area (Å²) in [7, 11) is 0. The maximum atomic E-state index is 12.5. The van der Waals surface area contributed by atoms with E-state index in [1.54, 1.807) is 13.8 Å². The lowest BCUT2D eigenvalue weighted by Gasteiger charge is -2.42. The van der Waals surface area contributed by atoms with Gasteiger partial charge in [-0.1, -0.05) is 44.2 Å². The Balaban J connectivity index is 1.89. The summed E-state index contributed by atoms with van der Waals surface area (Å²) in [5, 5.41) is 10.7. The Kier molecular flexibility index (Phi) is 6.15. The number of Topliss-reactive ketones (excluding diaryl/α,β-unsaturated/α-hetero) is 1. The van der Waals surface area contributed by atoms with Gasteiger partial charge in [-0.2, -0.15) is 0 Å². The highest BCUT2D eigenvalue weighted by Gasteiger charge is 2.44. The van der Waals surface area contributed by atoms with Gasteiger partial charge in [0.1, 0.15) is 6.61 Å². The largest absolute Gasteiger partial charge is 0.389 e. The lowest BCUT2D eigenvalue weighted by Crippen LogP contribution is -2.52. The first-order chi connectivity index (χ1) is 11.2. The monoisotopic (exact) mass is 336 g/mol. The molecule has 1 aromatic carbocycles. The van der Waals surface area contributed by atoms with Crippen LogP contribution in [-0.4, -0.2) is 42.1 Å². The molecule has 0 spiro atoms. The van der Waals surface area contributed by atoms with Crippen molar-refractivity contribution in [3.05, 3.63) is 35.9 Å². The number of aliphatic hydroxyl groups excluding tert-OH is 1. The van der Waals surface area contributed by atoms with Crippen molar-refractivity contribution >= 4 is 5.78 Å². The quantitative estimate of drug-likeness (QED) is 0.829. The Labute approximate surface area is 143 Å². The van der Waals surface area contributed by atoms with Crippen LogP contribution in [0.2, 0.25) is 0 Å². The van der Waals surface area contributed by atoms with E-state index < -0.39 is 23.4 Å². The van der Waals surface area contributed by atoms with Crippen molar-refractivity contribution in [2.24, 2.45) is 5.41 Å². The molecule has 1 aliphatic heterocycles. The number of carbonyl (C=O) groups is 1. The van der Waals surface area contributed by atoms with E-state index >= 15 is 0 Å². The molecule has 0 aromatic heterocycles. The molecule has 0 saturated carbocycles. The average molecular weight is 336 g/mol. The molecule has 0 unspecified atom stereocenters. The smallest absolute Gasteiger partial charge is 0.166 e. The summed E-state index contributed by atoms with van der Waals surface area (Å²) in [5.74, 6) is -0.883. The first-order valence-corrected chi connectivity index (χ1v) is 8.37. The molecule has 1 heterocycles. The molecule has 5 nitrogen and oxygen atoms in total. The van der Waals surface area contributed by atoms with Crippen molar-refractivity contribution in [3.8, 4) is 0 Å². The number of carbonyl (C=O) groups excluding carboxylic acids is 1. The molecule has 24 heavy (non-hydrogen) atoms. The number of rotatable bonds is 7. The zero-order valence-electron chi connectivity index (χ0n) is 15.0. The first-order valence-electron chi connectivity index (χ1n) is 8.37. The molecule has 2 atom stereocenters. The van der Waals surface area contributed by atoms with Gasteiger partial charge < -0.3 is 19.3 Å². The average Bonchev–Trinajstić information content (AvgIpc) is 2.54. The molecule has 5 heteroatoms. The Hall–Kier alpha value is -1.27. The van der Waals surface area contributed by atoms with Crippen molar-refractivity contribution in [1.29, 1.82) is 0 Å². The van der Waals surface area contributed by atoms with Gasteiger partial charge in [-0.15, -0.1) is 0 Å². The highest BCUT2D eigenvalue weighted by atomic mass is 16.7. The van der Waals surface area contributed by atoms with Crippen molar-refractivity contribution < 1.29 is 24.1 Å². The van der Waals surface area contributed by atoms with Crippen LogP contribution >= 0.6 is 0 Å². The second-order valence-corrected chi connectivity index (χ2v) is 7.26. The topological polar surface area (TPSA) is 65.0 Å². The van der Waals surface area contributed by atoms with Crippen LogP contribution in [0.4, 0.5) is 0 Å². The number of ketones is 1. The normalized spacial score (nSPS) is 22.1. The van der Waals surface area contributed by atoms with Gasteiger partial charge in [0.05, 0.1) is 30.8 Å². The Morgan fingerprint density at radius 1 is 1.38 bits per heavy atom. The Morgan fingerprint density at radius 3 is 2.67 bits per heavy atom. The van der Waals surface area contributed by atoms with Gasteiger partial charge in [0.25, 0.3) is 0 Å². The van der Waals surface area contributed by atoms with E-state index in [1.807, 2.05) is 44.2 Å². The summed E-state index contributed by atoms with van der Waals surface area (Å²) < 4.78 is 16.8. The van der Waals surface area contributed by atoms with Crippen LogP contribution in [0.1, 0.15) is 39.7 Å². The molecule has 1 N–H and O–H groups in total. The van der Waals surface area contributed by atoms with Crippen LogP contribution in [0.5, 0.6) is 0 Å². The zero-order chi connectivity index (χ0) is 17.8. The van der Waals surface area contributed by atoms with E-state index in [0.29, 0.717) is 19.6 Å². The van der Waals surface area contributed by atoms with Gasteiger partial charge in [-0.3, -0.25) is 4.79 Å². The maximum Gasteiger partial charge on any atom is 0.166 e. The Bertz CT molecular complexity index is 538. The molecular formula is C19H28O5. The van der Waals surface area contributed by atoms with Crippen molar-refractivity contribution in [2.75, 3.05) is 13.2 Å². The molecular weight excluding hydrogens is 308 g/mol. The SMILES string of the molecule is CC1(C)OCC[C@@H]([C@H](O)C(C)(C)C(=O)COCc2ccccc2)O1. The van der Waals surface area contributed by atoms with Gasteiger partial charge in [0.15, 0.2) is 11.6 Å². The number of aliphatic hydroxyl groups is 1. The predicted molar refractivity (Wildman–Crippen MR) is 90.4 cm³/mol. The second-order valence-electron chi connectivity index (χ2n) is 7.26. The van der Waals surface area contributed by atoms with E-state index in [2.05, 4.69) is 0 Å². The highest BCUT2D eigenvalue weighted by Crippen LogP contribution is 2.32. The van der Waals surface area contributed by atoms with Crippen LogP contribution < -0.4 is 0 Å². The molecule has 134 valence electrons. The van der Waals surface area contributed by atoms with Crippen molar-refractivity contribution in [2.45, 2.75) is 58.7 Å².